The van der Waals surface area contributed by atoms with Crippen LogP contribution in [0.25, 0.3) is 11.1 Å². The van der Waals surface area contributed by atoms with E-state index in [0.29, 0.717) is 6.42 Å². The average molecular weight is 240 g/mol. The molecule has 3 heteroatoms. The highest BCUT2D eigenvalue weighted by molar-refractivity contribution is 6.00. The van der Waals surface area contributed by atoms with Crippen LogP contribution in [0.3, 0.4) is 0 Å². The van der Waals surface area contributed by atoms with Crippen LogP contribution in [0.2, 0.25) is 0 Å². The molecule has 1 aromatic carbocycles. The van der Waals surface area contributed by atoms with Gasteiger partial charge in [-0.25, -0.2) is 0 Å². The maximum atomic E-state index is 11.6. The number of carbonyl (C=O) groups excluding carboxylic acids is 1. The SMILES string of the molecule is CCn1cc(-c2ccc3c(c2)CCC3=O)c(C)n1. The molecule has 3 nitrogen and oxygen atoms in total. The Balaban J connectivity index is 2.07. The van der Waals surface area contributed by atoms with Gasteiger partial charge in [-0.05, 0) is 31.4 Å². The molecule has 0 amide bonds. The first-order chi connectivity index (χ1) is 8.69. The van der Waals surface area contributed by atoms with E-state index in [1.807, 2.05) is 23.7 Å². The van der Waals surface area contributed by atoms with Crippen LogP contribution in [0, 0.1) is 6.92 Å². The summed E-state index contributed by atoms with van der Waals surface area (Å²) >= 11 is 0. The maximum absolute atomic E-state index is 11.6. The topological polar surface area (TPSA) is 34.9 Å². The van der Waals surface area contributed by atoms with Crippen molar-refractivity contribution in [3.8, 4) is 11.1 Å². The Kier molecular flexibility index (Phi) is 2.54. The van der Waals surface area contributed by atoms with Gasteiger partial charge in [0.15, 0.2) is 5.78 Å². The summed E-state index contributed by atoms with van der Waals surface area (Å²) in [4.78, 5) is 11.6. The van der Waals surface area contributed by atoms with Crippen molar-refractivity contribution >= 4 is 5.78 Å². The minimum atomic E-state index is 0.275. The summed E-state index contributed by atoms with van der Waals surface area (Å²) in [7, 11) is 0. The Morgan fingerprint density at radius 3 is 2.83 bits per heavy atom. The largest absolute Gasteiger partial charge is 0.294 e. The Morgan fingerprint density at radius 2 is 2.11 bits per heavy atom. The summed E-state index contributed by atoms with van der Waals surface area (Å²) in [6.45, 7) is 4.99. The molecule has 0 bridgehead atoms. The third-order valence-corrected chi connectivity index (χ3v) is 3.61. The fourth-order valence-electron chi connectivity index (χ4n) is 2.59. The monoisotopic (exact) mass is 240 g/mol. The minimum absolute atomic E-state index is 0.275. The molecule has 0 aliphatic heterocycles. The van der Waals surface area contributed by atoms with E-state index in [9.17, 15) is 4.79 Å². The van der Waals surface area contributed by atoms with Crippen LogP contribution in [0.4, 0.5) is 0 Å². The summed E-state index contributed by atoms with van der Waals surface area (Å²) in [5.74, 6) is 0.275. The molecule has 1 aromatic heterocycles. The highest BCUT2D eigenvalue weighted by Crippen LogP contribution is 2.29. The third kappa shape index (κ3) is 1.67. The van der Waals surface area contributed by atoms with Gasteiger partial charge < -0.3 is 0 Å². The highest BCUT2D eigenvalue weighted by atomic mass is 16.1. The number of carbonyl (C=O) groups is 1. The van der Waals surface area contributed by atoms with E-state index in [1.165, 1.54) is 16.7 Å². The van der Waals surface area contributed by atoms with Crippen LogP contribution in [-0.4, -0.2) is 15.6 Å². The minimum Gasteiger partial charge on any atom is -0.294 e. The fraction of sp³-hybridized carbons (Fsp3) is 0.333. The summed E-state index contributed by atoms with van der Waals surface area (Å²) in [5.41, 5.74) is 5.46. The maximum Gasteiger partial charge on any atom is 0.163 e. The van der Waals surface area contributed by atoms with Gasteiger partial charge in [0, 0.05) is 30.3 Å². The molecule has 0 atom stereocenters. The molecular formula is C15H16N2O. The van der Waals surface area contributed by atoms with Crippen LogP contribution >= 0.6 is 0 Å². The lowest BCUT2D eigenvalue weighted by molar-refractivity contribution is 0.0994. The predicted octanol–water partition coefficient (Wildman–Crippen LogP) is 3.01. The second-order valence-electron chi connectivity index (χ2n) is 4.78. The second kappa shape index (κ2) is 4.09. The predicted molar refractivity (Wildman–Crippen MR) is 70.7 cm³/mol. The molecule has 18 heavy (non-hydrogen) atoms. The van der Waals surface area contributed by atoms with Crippen molar-refractivity contribution in [3.63, 3.8) is 0 Å². The number of Topliss-reactive ketones (excluding diaryl/α,β-unsaturated/α-hetero) is 1. The van der Waals surface area contributed by atoms with E-state index >= 15 is 0 Å². The molecule has 0 radical (unpaired) electrons. The first-order valence-corrected chi connectivity index (χ1v) is 6.39. The van der Waals surface area contributed by atoms with Crippen molar-refractivity contribution in [2.45, 2.75) is 33.2 Å². The normalized spacial score (nSPS) is 14.0. The van der Waals surface area contributed by atoms with Gasteiger partial charge in [-0.15, -0.1) is 0 Å². The average Bonchev–Trinajstić information content (AvgIpc) is 2.93. The molecule has 92 valence electrons. The molecule has 0 spiro atoms. The Labute approximate surface area is 106 Å². The van der Waals surface area contributed by atoms with E-state index in [2.05, 4.69) is 24.3 Å². The van der Waals surface area contributed by atoms with Gasteiger partial charge in [0.1, 0.15) is 0 Å². The molecule has 1 aliphatic rings. The molecule has 3 rings (SSSR count). The first kappa shape index (κ1) is 11.2. The Bertz CT molecular complexity index is 625. The number of hydrogen-bond acceptors (Lipinski definition) is 2. The molecule has 0 saturated carbocycles. The number of rotatable bonds is 2. The Morgan fingerprint density at radius 1 is 1.28 bits per heavy atom. The summed E-state index contributed by atoms with van der Waals surface area (Å²) in [5, 5.41) is 4.46. The van der Waals surface area contributed by atoms with E-state index in [-0.39, 0.29) is 5.78 Å². The summed E-state index contributed by atoms with van der Waals surface area (Å²) in [6.07, 6.45) is 3.61. The van der Waals surface area contributed by atoms with Crippen molar-refractivity contribution in [1.82, 2.24) is 9.78 Å². The lowest BCUT2D eigenvalue weighted by atomic mass is 10.0. The number of nitrogens with zero attached hydrogens (tertiary/aromatic N) is 2. The number of ketones is 1. The number of benzene rings is 1. The van der Waals surface area contributed by atoms with Crippen molar-refractivity contribution in [2.24, 2.45) is 0 Å². The molecule has 0 fully saturated rings. The van der Waals surface area contributed by atoms with Gasteiger partial charge in [0.05, 0.1) is 5.69 Å². The number of aryl methyl sites for hydroxylation is 3. The zero-order valence-corrected chi connectivity index (χ0v) is 10.7. The third-order valence-electron chi connectivity index (χ3n) is 3.61. The molecule has 1 aliphatic carbocycles. The van der Waals surface area contributed by atoms with Crippen molar-refractivity contribution < 1.29 is 4.79 Å². The molecule has 0 N–H and O–H groups in total. The van der Waals surface area contributed by atoms with Crippen LogP contribution in [0.5, 0.6) is 0 Å². The van der Waals surface area contributed by atoms with Crippen LogP contribution in [0.1, 0.15) is 35.0 Å². The lowest BCUT2D eigenvalue weighted by Gasteiger charge is -2.03. The van der Waals surface area contributed by atoms with E-state index in [0.717, 1.165) is 24.2 Å². The van der Waals surface area contributed by atoms with Gasteiger partial charge in [-0.1, -0.05) is 18.2 Å². The van der Waals surface area contributed by atoms with E-state index < -0.39 is 0 Å². The Hall–Kier alpha value is -1.90. The van der Waals surface area contributed by atoms with Gasteiger partial charge in [-0.2, -0.15) is 5.10 Å². The number of hydrogen-bond donors (Lipinski definition) is 0. The van der Waals surface area contributed by atoms with E-state index in [1.54, 1.807) is 0 Å². The van der Waals surface area contributed by atoms with Gasteiger partial charge in [0.25, 0.3) is 0 Å². The highest BCUT2D eigenvalue weighted by Gasteiger charge is 2.20. The zero-order valence-electron chi connectivity index (χ0n) is 10.7. The molecule has 2 aromatic rings. The van der Waals surface area contributed by atoms with Crippen LogP contribution in [-0.2, 0) is 13.0 Å². The molecular weight excluding hydrogens is 224 g/mol. The summed E-state index contributed by atoms with van der Waals surface area (Å²) < 4.78 is 1.95. The number of aromatic nitrogens is 2. The lowest BCUT2D eigenvalue weighted by Crippen LogP contribution is -1.93. The standard InChI is InChI=1S/C15H16N2O/c1-3-17-9-14(10(2)16-17)12-4-6-13-11(8-12)5-7-15(13)18/h4,6,8-9H,3,5,7H2,1-2H3. The van der Waals surface area contributed by atoms with Crippen LogP contribution < -0.4 is 0 Å². The van der Waals surface area contributed by atoms with Crippen molar-refractivity contribution in [2.75, 3.05) is 0 Å². The van der Waals surface area contributed by atoms with Crippen molar-refractivity contribution in [1.29, 1.82) is 0 Å². The smallest absolute Gasteiger partial charge is 0.163 e. The summed E-state index contributed by atoms with van der Waals surface area (Å²) in [6, 6.07) is 6.14. The molecule has 0 unspecified atom stereocenters. The zero-order chi connectivity index (χ0) is 12.7. The number of fused-ring (bicyclic) bond motifs is 1. The molecule has 1 heterocycles. The van der Waals surface area contributed by atoms with Gasteiger partial charge in [0.2, 0.25) is 0 Å². The van der Waals surface area contributed by atoms with Crippen molar-refractivity contribution in [3.05, 3.63) is 41.2 Å². The quantitative estimate of drug-likeness (QED) is 0.808. The van der Waals surface area contributed by atoms with Crippen LogP contribution in [0.15, 0.2) is 24.4 Å². The van der Waals surface area contributed by atoms with Gasteiger partial charge >= 0.3 is 0 Å². The fourth-order valence-corrected chi connectivity index (χ4v) is 2.59. The van der Waals surface area contributed by atoms with Gasteiger partial charge in [-0.3, -0.25) is 9.48 Å². The second-order valence-corrected chi connectivity index (χ2v) is 4.78. The van der Waals surface area contributed by atoms with E-state index in [4.69, 9.17) is 0 Å². The molecule has 0 saturated heterocycles. The first-order valence-electron chi connectivity index (χ1n) is 6.39.